The van der Waals surface area contributed by atoms with Gasteiger partial charge >= 0.3 is 71.6 Å². The van der Waals surface area contributed by atoms with Crippen molar-refractivity contribution in [2.24, 2.45) is 261 Å². The number of hydrogen-bond acceptors (Lipinski definition) is 22. The highest BCUT2D eigenvalue weighted by Gasteiger charge is 2.80. The summed E-state index contributed by atoms with van der Waals surface area (Å²) < 4.78 is 50.1. The minimum Gasteiger partial charge on any atom is -0.481 e. The number of carbonyl (C=O) groups excluding carboxylic acids is 10. The number of carbonyl (C=O) groups is 12. The molecule has 2 saturated heterocycles. The highest BCUT2D eigenvalue weighted by Crippen LogP contribution is 2.84. The van der Waals surface area contributed by atoms with E-state index >= 15 is 24.0 Å². The number of cyclic esters (lactones) is 4. The maximum atomic E-state index is 17.2. The summed E-state index contributed by atoms with van der Waals surface area (Å²) in [5.74, 6) is -13.1. The highest BCUT2D eigenvalue weighted by molar-refractivity contribution is 6.01. The minimum absolute atomic E-state index is 0.00690. The molecule has 18 rings (SSSR count). The van der Waals surface area contributed by atoms with Crippen molar-refractivity contribution in [2.45, 2.75) is 350 Å². The molecule has 24 heteroatoms. The fourth-order valence-corrected chi connectivity index (χ4v) is 39.6. The van der Waals surface area contributed by atoms with E-state index in [2.05, 4.69) is 20.8 Å². The SMILES string of the molecule is CC1C(=O)OC(=O)C1C(C)(CC1C2CC(CC2CC(=O)OC(C)(C)C)C1C1C(C2C(C)C3CC2C(C)(C(=O)O)C3CC(=O)OCC(C)(C)CO)C2CC1C1(CC3CCC1C3)C2)C(=O)OC(C)(C)C(C)(C)C(C)(C)OC(=O)C(C)(CC1C2CC(C1C1C3CC(C1C1C4CC(C1C)C(C)(CC(=O)OC(C)(C)C)C4)C1(CC4CCC1C4)C3)C(C)(C(=O)O)C2CC(=O)OCC(C)(C)CO)C1C(=O)OC(=O)C1C. The third-order valence-electron chi connectivity index (χ3n) is 46.0. The molecule has 16 bridgehead atoms. The van der Waals surface area contributed by atoms with E-state index in [0.29, 0.717) is 48.9 Å². The van der Waals surface area contributed by atoms with E-state index in [1.54, 1.807) is 69.2 Å². The van der Waals surface area contributed by atoms with Gasteiger partial charge in [-0.05, 0) is 412 Å². The number of aliphatic hydroxyl groups excluding tert-OH is 2. The van der Waals surface area contributed by atoms with E-state index in [1.165, 1.54) is 38.5 Å². The lowest BCUT2D eigenvalue weighted by Crippen LogP contribution is -2.60. The molecule has 0 aromatic rings. The molecule has 18 aliphatic rings. The molecule has 16 saturated carbocycles. The van der Waals surface area contributed by atoms with E-state index in [0.717, 1.165) is 64.2 Å². The summed E-state index contributed by atoms with van der Waals surface area (Å²) >= 11 is 0. The molecular formula is C114H170O24. The van der Waals surface area contributed by atoms with Crippen LogP contribution in [0.1, 0.15) is 327 Å². The normalized spacial score (nSPS) is 45.6. The monoisotopic (exact) mass is 1920 g/mol. The number of rotatable bonds is 32. The van der Waals surface area contributed by atoms with Gasteiger partial charge in [0.1, 0.15) is 22.4 Å². The second-order valence-corrected chi connectivity index (χ2v) is 57.0. The Morgan fingerprint density at radius 1 is 0.391 bits per heavy atom. The Kier molecular flexibility index (Phi) is 25.1. The maximum absolute atomic E-state index is 17.2. The van der Waals surface area contributed by atoms with Crippen LogP contribution in [0.25, 0.3) is 0 Å². The molecule has 2 heterocycles. The Morgan fingerprint density at radius 3 is 1.23 bits per heavy atom. The number of esters is 10. The summed E-state index contributed by atoms with van der Waals surface area (Å²) in [6.07, 6.45) is 18.1. The first-order valence-electron chi connectivity index (χ1n) is 54.3. The van der Waals surface area contributed by atoms with Gasteiger partial charge in [-0.3, -0.25) is 57.5 Å². The van der Waals surface area contributed by atoms with Crippen molar-refractivity contribution in [3.63, 3.8) is 0 Å². The highest BCUT2D eigenvalue weighted by atomic mass is 16.6. The van der Waals surface area contributed by atoms with Gasteiger partial charge in [-0.15, -0.1) is 0 Å². The Morgan fingerprint density at radius 2 is 0.812 bits per heavy atom. The lowest BCUT2D eigenvalue weighted by molar-refractivity contribution is -0.222. The lowest BCUT2D eigenvalue weighted by Gasteiger charge is -2.58. The van der Waals surface area contributed by atoms with Crippen molar-refractivity contribution in [1.82, 2.24) is 0 Å². The topological polar surface area (TPSA) is 360 Å². The Hall–Kier alpha value is -6.04. The van der Waals surface area contributed by atoms with Crippen LogP contribution in [-0.2, 0) is 95.4 Å². The van der Waals surface area contributed by atoms with E-state index in [9.17, 15) is 54.0 Å². The molecule has 16 aliphatic carbocycles. The van der Waals surface area contributed by atoms with Crippen LogP contribution in [0.15, 0.2) is 0 Å². The van der Waals surface area contributed by atoms with Crippen LogP contribution in [-0.4, -0.2) is 141 Å². The zero-order chi connectivity index (χ0) is 101. The number of carboxylic acids is 2. The molecule has 2 spiro atoms. The zero-order valence-corrected chi connectivity index (χ0v) is 88.0. The Bertz CT molecular complexity index is 4880. The maximum Gasteiger partial charge on any atom is 0.318 e. The van der Waals surface area contributed by atoms with Crippen molar-refractivity contribution in [3.05, 3.63) is 0 Å². The van der Waals surface area contributed by atoms with Crippen LogP contribution in [0.3, 0.4) is 0 Å². The largest absolute Gasteiger partial charge is 0.481 e. The molecule has 18 fully saturated rings. The summed E-state index contributed by atoms with van der Waals surface area (Å²) in [5, 5.41) is 44.7. The number of carboxylic acid groups (broad SMARTS) is 2. The van der Waals surface area contributed by atoms with Gasteiger partial charge in [0.15, 0.2) is 0 Å². The quantitative estimate of drug-likeness (QED) is 0.0276. The fourth-order valence-electron chi connectivity index (χ4n) is 39.6. The lowest BCUT2D eigenvalue weighted by atomic mass is 9.46. The van der Waals surface area contributed by atoms with Crippen LogP contribution < -0.4 is 0 Å². The van der Waals surface area contributed by atoms with Gasteiger partial charge in [0.05, 0.1) is 78.2 Å². The summed E-state index contributed by atoms with van der Waals surface area (Å²) in [6, 6.07) is 0. The summed E-state index contributed by atoms with van der Waals surface area (Å²) in [4.78, 5) is 181. The number of aliphatic carboxylic acids is 2. The molecule has 2 aliphatic heterocycles. The Balaban J connectivity index is 0.692. The van der Waals surface area contributed by atoms with Crippen molar-refractivity contribution in [2.75, 3.05) is 26.4 Å². The molecule has 0 aromatic carbocycles. The van der Waals surface area contributed by atoms with Gasteiger partial charge in [-0.25, -0.2) is 0 Å². The summed E-state index contributed by atoms with van der Waals surface area (Å²) in [5.41, 5.74) is -14.3. The van der Waals surface area contributed by atoms with Gasteiger partial charge in [-0.1, -0.05) is 89.0 Å². The van der Waals surface area contributed by atoms with Crippen LogP contribution in [0, 0.1) is 261 Å². The van der Waals surface area contributed by atoms with Crippen molar-refractivity contribution >= 4 is 71.6 Å². The average molecular weight is 1920 g/mol. The smallest absolute Gasteiger partial charge is 0.318 e. The van der Waals surface area contributed by atoms with Crippen LogP contribution in [0.5, 0.6) is 0 Å². The second kappa shape index (κ2) is 34.0. The van der Waals surface area contributed by atoms with Crippen molar-refractivity contribution < 1.29 is 116 Å². The van der Waals surface area contributed by atoms with E-state index in [4.69, 9.17) is 37.9 Å². The Labute approximate surface area is 820 Å². The number of aliphatic hydroxyl groups is 2. The van der Waals surface area contributed by atoms with Crippen molar-refractivity contribution in [3.8, 4) is 0 Å². The van der Waals surface area contributed by atoms with Gasteiger partial charge in [0.25, 0.3) is 0 Å². The molecular weight excluding hydrogens is 1750 g/mol. The average Bonchev–Trinajstić information content (AvgIpc) is 1.50. The number of ether oxygens (including phenoxy) is 8. The molecule has 0 aromatic heterocycles. The molecule has 42 atom stereocenters. The molecule has 4 N–H and O–H groups in total. The molecule has 42 unspecified atom stereocenters. The van der Waals surface area contributed by atoms with E-state index in [-0.39, 0.29) is 211 Å². The molecule has 770 valence electrons. The summed E-state index contributed by atoms with van der Waals surface area (Å²) in [6.45, 7) is 46.1. The van der Waals surface area contributed by atoms with Crippen LogP contribution >= 0.6 is 0 Å². The molecule has 138 heavy (non-hydrogen) atoms. The molecule has 0 amide bonds. The van der Waals surface area contributed by atoms with Gasteiger partial charge in [-0.2, -0.15) is 0 Å². The van der Waals surface area contributed by atoms with Crippen LogP contribution in [0.2, 0.25) is 0 Å². The molecule has 0 radical (unpaired) electrons. The zero-order valence-electron chi connectivity index (χ0n) is 88.0. The first-order valence-corrected chi connectivity index (χ1v) is 54.3. The third kappa shape index (κ3) is 15.8. The summed E-state index contributed by atoms with van der Waals surface area (Å²) in [7, 11) is 0. The van der Waals surface area contributed by atoms with Gasteiger partial charge in [0.2, 0.25) is 0 Å². The predicted molar refractivity (Wildman–Crippen MR) is 508 cm³/mol. The van der Waals surface area contributed by atoms with E-state index in [1.807, 2.05) is 83.1 Å². The van der Waals surface area contributed by atoms with Gasteiger partial charge in [0, 0.05) is 35.5 Å². The van der Waals surface area contributed by atoms with Crippen molar-refractivity contribution in [1.29, 1.82) is 0 Å². The number of fused-ring (bicyclic) bond motifs is 20. The first-order chi connectivity index (χ1) is 63.9. The van der Waals surface area contributed by atoms with Gasteiger partial charge < -0.3 is 58.3 Å². The van der Waals surface area contributed by atoms with E-state index < -0.39 is 173 Å². The third-order valence-corrected chi connectivity index (χ3v) is 46.0. The minimum atomic E-state index is -1.90. The fraction of sp³-hybridized carbons (Fsp3) is 0.895. The standard InChI is InChI=1S/C114H170O24/c1-54-67-38-75(111(24,97(125)126)73(67)40-79(117)131-52-103(11,12)50-115)84(54)86-63-35-78(114(45-63)43-59-27-29-66(114)31-59)90(86)85-61-32-60(37-81(119)135-101(5,6)7)68(33-61)70(85)47-109(22,91-56(3)93(121)133-95(91)123)99(129)137-106(17,18)105(15,16)107(19,20)138-100(130)110(23,92-57(4)94(122)134-96(92)124)48-71-69-39-76(112(25,98(127)128)74(69)41-80(118)132-53-104(13,14)51-116)88(71)87-64-36-77(113(46-64)42-58-26-28-65(113)30-58)89(87)83-55(2)72-34-62(83)44-108(72,21)49-82(120)136-102(8,9)10/h54-78,83-92,115-116H,26-53H2,1-25H3,(H,125,126)(H,127,128). The second-order valence-electron chi connectivity index (χ2n) is 57.0. The number of hydrogen-bond donors (Lipinski definition) is 4. The van der Waals surface area contributed by atoms with Crippen LogP contribution in [0.4, 0.5) is 0 Å². The predicted octanol–water partition coefficient (Wildman–Crippen LogP) is 19.0. The molecule has 24 nitrogen and oxygen atoms in total. The first kappa shape index (κ1) is 102.